The van der Waals surface area contributed by atoms with Gasteiger partial charge in [0.1, 0.15) is 0 Å². The highest BCUT2D eigenvalue weighted by molar-refractivity contribution is 7.85. The molecule has 0 fully saturated rings. The highest BCUT2D eigenvalue weighted by Gasteiger charge is 2.22. The number of quaternary nitrogens is 1. The van der Waals surface area contributed by atoms with E-state index in [1.807, 2.05) is 0 Å². The Kier molecular flexibility index (Phi) is 5.13. The Morgan fingerprint density at radius 1 is 1.40 bits per heavy atom. The first kappa shape index (κ1) is 14.3. The van der Waals surface area contributed by atoms with Crippen molar-refractivity contribution < 1.29 is 22.2 Å². The molecule has 0 aliphatic carbocycles. The maximum Gasteiger partial charge on any atom is 0.337 e. The Bertz CT molecular complexity index is 332. The second-order valence-corrected chi connectivity index (χ2v) is 5.52. The zero-order valence-electron chi connectivity index (χ0n) is 9.14. The minimum absolute atomic E-state index is 0.109. The lowest BCUT2D eigenvalue weighted by atomic mass is 10.3. The molecule has 0 aromatic rings. The van der Waals surface area contributed by atoms with Crippen molar-refractivity contribution in [2.75, 3.05) is 26.4 Å². The minimum Gasteiger partial charge on any atom is -0.286 e. The molecule has 0 aliphatic rings. The van der Waals surface area contributed by atoms with Gasteiger partial charge >= 0.3 is 5.91 Å². The van der Waals surface area contributed by atoms with Crippen LogP contribution in [0.1, 0.15) is 12.8 Å². The van der Waals surface area contributed by atoms with E-state index in [1.54, 1.807) is 14.1 Å². The summed E-state index contributed by atoms with van der Waals surface area (Å²) in [5, 5.41) is 0. The molecule has 0 spiro atoms. The number of amides is 1. The summed E-state index contributed by atoms with van der Waals surface area (Å²) in [5.74, 6) is -0.364. The molecule has 5 nitrogen and oxygen atoms in total. The fourth-order valence-electron chi connectivity index (χ4n) is 1.15. The third kappa shape index (κ3) is 6.38. The van der Waals surface area contributed by atoms with Gasteiger partial charge in [-0.3, -0.25) is 9.04 Å². The number of likely N-dealkylation sites (N-methyl/N-ethyl adjacent to an activating group) is 1. The molecule has 0 radical (unpaired) electrons. The number of hydrogen-bond donors (Lipinski definition) is 1. The van der Waals surface area contributed by atoms with Gasteiger partial charge in [0.2, 0.25) is 0 Å². The first-order valence-corrected chi connectivity index (χ1v) is 6.25. The summed E-state index contributed by atoms with van der Waals surface area (Å²) >= 11 is 0. The molecule has 0 unspecified atom stereocenters. The molecule has 0 aromatic heterocycles. The molecule has 88 valence electrons. The molecule has 15 heavy (non-hydrogen) atoms. The van der Waals surface area contributed by atoms with Crippen LogP contribution < -0.4 is 0 Å². The Morgan fingerprint density at radius 3 is 2.33 bits per heavy atom. The van der Waals surface area contributed by atoms with E-state index in [4.69, 9.17) is 4.55 Å². The van der Waals surface area contributed by atoms with Crippen LogP contribution in [-0.4, -0.2) is 49.8 Å². The van der Waals surface area contributed by atoms with Crippen LogP contribution in [0.25, 0.3) is 0 Å². The number of rotatable bonds is 6. The molecule has 1 N–H and O–H groups in total. The summed E-state index contributed by atoms with van der Waals surface area (Å²) in [4.78, 5) is 11.3. The number of carbonyl (C=O) groups excluding carboxylic acids is 1. The van der Waals surface area contributed by atoms with Crippen molar-refractivity contribution in [1.82, 2.24) is 0 Å². The summed E-state index contributed by atoms with van der Waals surface area (Å²) in [7, 11) is -0.413. The van der Waals surface area contributed by atoms with E-state index >= 15 is 0 Å². The Hall–Kier alpha value is -0.720. The predicted octanol–water partition coefficient (Wildman–Crippen LogP) is 0.443. The molecule has 0 bridgehead atoms. The lowest BCUT2D eigenvalue weighted by Crippen LogP contribution is -2.45. The van der Waals surface area contributed by atoms with E-state index in [2.05, 4.69) is 6.58 Å². The van der Waals surface area contributed by atoms with E-state index in [0.29, 0.717) is 19.4 Å². The molecule has 6 heteroatoms. The van der Waals surface area contributed by atoms with Crippen LogP contribution in [-0.2, 0) is 14.9 Å². The smallest absolute Gasteiger partial charge is 0.286 e. The van der Waals surface area contributed by atoms with Crippen LogP contribution in [0.5, 0.6) is 0 Å². The van der Waals surface area contributed by atoms with Crippen molar-refractivity contribution in [3.8, 4) is 0 Å². The molecule has 0 heterocycles. The fourth-order valence-corrected chi connectivity index (χ4v) is 1.72. The number of carbonyl (C=O) groups is 1. The van der Waals surface area contributed by atoms with E-state index in [0.717, 1.165) is 0 Å². The van der Waals surface area contributed by atoms with Gasteiger partial charge in [0.25, 0.3) is 10.1 Å². The Balaban J connectivity index is 3.96. The van der Waals surface area contributed by atoms with Crippen molar-refractivity contribution in [2.45, 2.75) is 12.8 Å². The Morgan fingerprint density at radius 2 is 1.93 bits per heavy atom. The molecular weight excluding hydrogens is 218 g/mol. The fraction of sp³-hybridized carbons (Fsp3) is 0.667. The topological polar surface area (TPSA) is 71.4 Å². The summed E-state index contributed by atoms with van der Waals surface area (Å²) in [6.45, 7) is 3.92. The van der Waals surface area contributed by atoms with Crippen molar-refractivity contribution in [3.63, 3.8) is 0 Å². The third-order valence-electron chi connectivity index (χ3n) is 2.14. The average Bonchev–Trinajstić information content (AvgIpc) is 2.09. The van der Waals surface area contributed by atoms with E-state index < -0.39 is 10.1 Å². The normalized spacial score (nSPS) is 12.5. The highest BCUT2D eigenvalue weighted by Crippen LogP contribution is 2.04. The largest absolute Gasteiger partial charge is 0.337 e. The van der Waals surface area contributed by atoms with Crippen molar-refractivity contribution in [3.05, 3.63) is 12.7 Å². The first-order chi connectivity index (χ1) is 6.69. The summed E-state index contributed by atoms with van der Waals surface area (Å²) in [6.07, 6.45) is 2.17. The molecule has 0 saturated heterocycles. The van der Waals surface area contributed by atoms with Crippen LogP contribution in [0.2, 0.25) is 0 Å². The maximum absolute atomic E-state index is 11.3. The van der Waals surface area contributed by atoms with E-state index in [1.165, 1.54) is 6.08 Å². The molecule has 0 saturated carbocycles. The third-order valence-corrected chi connectivity index (χ3v) is 2.95. The zero-order chi connectivity index (χ0) is 12.1. The second kappa shape index (κ2) is 5.39. The molecule has 0 aromatic carbocycles. The van der Waals surface area contributed by atoms with Gasteiger partial charge in [0.15, 0.2) is 0 Å². The number of unbranched alkanes of at least 4 members (excludes halogenated alkanes) is 1. The Labute approximate surface area is 90.7 Å². The lowest BCUT2D eigenvalue weighted by Gasteiger charge is -2.25. The lowest BCUT2D eigenvalue weighted by molar-refractivity contribution is -0.811. The number of hydrogen-bond acceptors (Lipinski definition) is 3. The van der Waals surface area contributed by atoms with Gasteiger partial charge in [0.05, 0.1) is 26.4 Å². The standard InChI is InChI=1S/C9H17NO4S/c1-4-9(11)10(2,3)7-5-6-8-15(12,13)14/h4H,1,5-8H2,2-3H3/p+1. The maximum atomic E-state index is 11.3. The van der Waals surface area contributed by atoms with Gasteiger partial charge in [-0.05, 0) is 12.8 Å². The SMILES string of the molecule is C=CC(=O)[N+](C)(C)CCCCS(=O)(=O)O. The summed E-state index contributed by atoms with van der Waals surface area (Å²) in [6, 6.07) is 0. The molecule has 0 rings (SSSR count). The van der Waals surface area contributed by atoms with Gasteiger partial charge < -0.3 is 0 Å². The van der Waals surface area contributed by atoms with Crippen LogP contribution in [0, 0.1) is 0 Å². The summed E-state index contributed by atoms with van der Waals surface area (Å²) in [5.41, 5.74) is 0. The molecule has 0 aliphatic heterocycles. The first-order valence-electron chi connectivity index (χ1n) is 4.64. The molecule has 1 amide bonds. The van der Waals surface area contributed by atoms with E-state index in [-0.39, 0.29) is 16.1 Å². The van der Waals surface area contributed by atoms with E-state index in [9.17, 15) is 13.2 Å². The minimum atomic E-state index is -3.88. The molecular formula is C9H18NO4S+. The van der Waals surface area contributed by atoms with Gasteiger partial charge in [-0.15, -0.1) is 0 Å². The van der Waals surface area contributed by atoms with Gasteiger partial charge in [-0.1, -0.05) is 6.58 Å². The monoisotopic (exact) mass is 236 g/mol. The highest BCUT2D eigenvalue weighted by atomic mass is 32.2. The average molecular weight is 236 g/mol. The van der Waals surface area contributed by atoms with Crippen LogP contribution in [0.4, 0.5) is 0 Å². The van der Waals surface area contributed by atoms with Crippen LogP contribution >= 0.6 is 0 Å². The molecule has 0 atom stereocenters. The van der Waals surface area contributed by atoms with Crippen molar-refractivity contribution in [1.29, 1.82) is 0 Å². The second-order valence-electron chi connectivity index (χ2n) is 3.94. The summed E-state index contributed by atoms with van der Waals surface area (Å²) < 4.78 is 29.5. The van der Waals surface area contributed by atoms with Crippen LogP contribution in [0.3, 0.4) is 0 Å². The van der Waals surface area contributed by atoms with Gasteiger partial charge in [0, 0.05) is 6.08 Å². The van der Waals surface area contributed by atoms with Gasteiger partial charge in [-0.25, -0.2) is 4.79 Å². The van der Waals surface area contributed by atoms with Crippen molar-refractivity contribution in [2.24, 2.45) is 0 Å². The zero-order valence-corrected chi connectivity index (χ0v) is 9.96. The van der Waals surface area contributed by atoms with Crippen LogP contribution in [0.15, 0.2) is 12.7 Å². The van der Waals surface area contributed by atoms with Crippen molar-refractivity contribution >= 4 is 16.0 Å². The number of nitrogens with zero attached hydrogens (tertiary/aromatic N) is 1. The van der Waals surface area contributed by atoms with Gasteiger partial charge in [-0.2, -0.15) is 8.42 Å². The predicted molar refractivity (Wildman–Crippen MR) is 57.8 cm³/mol. The quantitative estimate of drug-likeness (QED) is 0.314.